The summed E-state index contributed by atoms with van der Waals surface area (Å²) in [5.41, 5.74) is 2.97. The molecule has 0 bridgehead atoms. The molecule has 3 rings (SSSR count). The first kappa shape index (κ1) is 11.5. The van der Waals surface area contributed by atoms with Crippen molar-refractivity contribution in [2.75, 3.05) is 13.6 Å². The summed E-state index contributed by atoms with van der Waals surface area (Å²) in [5, 5.41) is 10.7. The fraction of sp³-hybridized carbons (Fsp3) is 0.429. The number of H-pyrrole nitrogens is 1. The maximum absolute atomic E-state index is 13.3. The van der Waals surface area contributed by atoms with Crippen molar-refractivity contribution < 1.29 is 9.50 Å². The fourth-order valence-electron chi connectivity index (χ4n) is 2.81. The van der Waals surface area contributed by atoms with E-state index in [9.17, 15) is 9.50 Å². The zero-order valence-electron chi connectivity index (χ0n) is 10.6. The Morgan fingerprint density at radius 2 is 2.22 bits per heavy atom. The van der Waals surface area contributed by atoms with Crippen molar-refractivity contribution in [2.45, 2.75) is 25.8 Å². The van der Waals surface area contributed by atoms with Gasteiger partial charge >= 0.3 is 0 Å². The van der Waals surface area contributed by atoms with Gasteiger partial charge in [-0.25, -0.2) is 4.39 Å². The number of hydrogen-bond acceptors (Lipinski definition) is 2. The zero-order valence-corrected chi connectivity index (χ0v) is 10.6. The average molecular weight is 248 g/mol. The molecule has 0 fully saturated rings. The van der Waals surface area contributed by atoms with Gasteiger partial charge in [0.05, 0.1) is 5.52 Å². The predicted octanol–water partition coefficient (Wildman–Crippen LogP) is 2.43. The number of rotatable bonds is 0. The van der Waals surface area contributed by atoms with Gasteiger partial charge in [-0.1, -0.05) is 0 Å². The minimum absolute atomic E-state index is 0.0414. The van der Waals surface area contributed by atoms with Gasteiger partial charge in [0.2, 0.25) is 0 Å². The monoisotopic (exact) mass is 248 g/mol. The van der Waals surface area contributed by atoms with Crippen LogP contribution in [0.3, 0.4) is 0 Å². The molecule has 1 aromatic carbocycles. The molecule has 2 heterocycles. The number of aromatic hydroxyl groups is 1. The van der Waals surface area contributed by atoms with E-state index in [4.69, 9.17) is 0 Å². The Labute approximate surface area is 105 Å². The molecule has 1 atom stereocenters. The minimum atomic E-state index is -0.401. The molecule has 1 aromatic heterocycles. The van der Waals surface area contributed by atoms with Crippen LogP contribution in [0.25, 0.3) is 10.9 Å². The molecule has 4 heteroatoms. The lowest BCUT2D eigenvalue weighted by molar-refractivity contribution is 0.267. The molecule has 0 radical (unpaired) electrons. The number of aromatic nitrogens is 1. The van der Waals surface area contributed by atoms with Gasteiger partial charge in [-0.3, -0.25) is 0 Å². The van der Waals surface area contributed by atoms with Crippen LogP contribution in [0.2, 0.25) is 0 Å². The number of nitrogens with one attached hydrogen (secondary N) is 1. The van der Waals surface area contributed by atoms with Crippen LogP contribution in [-0.4, -0.2) is 34.6 Å². The summed E-state index contributed by atoms with van der Waals surface area (Å²) in [4.78, 5) is 5.57. The van der Waals surface area contributed by atoms with E-state index in [1.807, 2.05) is 0 Å². The van der Waals surface area contributed by atoms with Crippen molar-refractivity contribution in [3.63, 3.8) is 0 Å². The molecule has 0 saturated carbocycles. The van der Waals surface area contributed by atoms with Crippen LogP contribution < -0.4 is 0 Å². The molecular weight excluding hydrogens is 231 g/mol. The second-order valence-corrected chi connectivity index (χ2v) is 5.21. The second kappa shape index (κ2) is 3.99. The molecule has 96 valence electrons. The van der Waals surface area contributed by atoms with Crippen molar-refractivity contribution in [1.29, 1.82) is 0 Å². The molecule has 2 N–H and O–H groups in total. The van der Waals surface area contributed by atoms with Crippen molar-refractivity contribution in [2.24, 2.45) is 0 Å². The van der Waals surface area contributed by atoms with Crippen molar-refractivity contribution in [3.8, 4) is 5.75 Å². The molecule has 3 nitrogen and oxygen atoms in total. The number of phenols is 1. The molecule has 2 aromatic rings. The molecule has 0 aliphatic carbocycles. The standard InChI is InChI=1S/C14H17FN2O/c1-8-5-11-10(3-4-17(8)2)14-12(16-11)6-9(15)7-13(14)18/h6-8,16,18H,3-5H2,1-2H3. The molecule has 0 spiro atoms. The second-order valence-electron chi connectivity index (χ2n) is 5.21. The maximum Gasteiger partial charge on any atom is 0.129 e. The Hall–Kier alpha value is -1.55. The smallest absolute Gasteiger partial charge is 0.129 e. The fourth-order valence-corrected chi connectivity index (χ4v) is 2.81. The Morgan fingerprint density at radius 1 is 1.44 bits per heavy atom. The lowest BCUT2D eigenvalue weighted by atomic mass is 10.1. The third-order valence-corrected chi connectivity index (χ3v) is 4.00. The highest BCUT2D eigenvalue weighted by Gasteiger charge is 2.22. The number of fused-ring (bicyclic) bond motifs is 3. The largest absolute Gasteiger partial charge is 0.507 e. The Morgan fingerprint density at radius 3 is 3.00 bits per heavy atom. The average Bonchev–Trinajstić information content (AvgIpc) is 2.56. The van der Waals surface area contributed by atoms with Crippen LogP contribution in [0.15, 0.2) is 12.1 Å². The topological polar surface area (TPSA) is 39.3 Å². The number of benzene rings is 1. The van der Waals surface area contributed by atoms with E-state index in [0.717, 1.165) is 36.0 Å². The summed E-state index contributed by atoms with van der Waals surface area (Å²) in [6, 6.07) is 3.10. The lowest BCUT2D eigenvalue weighted by Gasteiger charge is -2.21. The quantitative estimate of drug-likeness (QED) is 0.751. The Balaban J connectivity index is 2.20. The highest BCUT2D eigenvalue weighted by atomic mass is 19.1. The van der Waals surface area contributed by atoms with E-state index in [0.29, 0.717) is 11.6 Å². The zero-order chi connectivity index (χ0) is 12.9. The summed E-state index contributed by atoms with van der Waals surface area (Å²) in [7, 11) is 2.11. The number of phenolic OH excluding ortho intramolecular Hbond substituents is 1. The number of halogens is 1. The van der Waals surface area contributed by atoms with Crippen LogP contribution in [-0.2, 0) is 12.8 Å². The summed E-state index contributed by atoms with van der Waals surface area (Å²) in [5.74, 6) is -0.360. The van der Waals surface area contributed by atoms with E-state index < -0.39 is 5.82 Å². The van der Waals surface area contributed by atoms with E-state index >= 15 is 0 Å². The first-order valence-corrected chi connectivity index (χ1v) is 6.28. The number of nitrogens with zero attached hydrogens (tertiary/aromatic N) is 1. The number of likely N-dealkylation sites (N-methyl/N-ethyl adjacent to an activating group) is 1. The highest BCUT2D eigenvalue weighted by molar-refractivity contribution is 5.90. The van der Waals surface area contributed by atoms with E-state index in [2.05, 4.69) is 23.9 Å². The van der Waals surface area contributed by atoms with Gasteiger partial charge in [-0.05, 0) is 32.0 Å². The van der Waals surface area contributed by atoms with Gasteiger partial charge in [-0.2, -0.15) is 0 Å². The van der Waals surface area contributed by atoms with E-state index in [-0.39, 0.29) is 5.75 Å². The van der Waals surface area contributed by atoms with Crippen LogP contribution in [0.5, 0.6) is 5.75 Å². The summed E-state index contributed by atoms with van der Waals surface area (Å²) >= 11 is 0. The molecular formula is C14H17FN2O. The minimum Gasteiger partial charge on any atom is -0.507 e. The van der Waals surface area contributed by atoms with Crippen LogP contribution in [0.4, 0.5) is 4.39 Å². The summed E-state index contributed by atoms with van der Waals surface area (Å²) in [6.07, 6.45) is 1.79. The first-order valence-electron chi connectivity index (χ1n) is 6.28. The van der Waals surface area contributed by atoms with E-state index in [1.165, 1.54) is 12.1 Å². The Bertz CT molecular complexity index is 605. The molecule has 1 aliphatic rings. The van der Waals surface area contributed by atoms with Gasteiger partial charge < -0.3 is 15.0 Å². The molecule has 1 aliphatic heterocycles. The van der Waals surface area contributed by atoms with E-state index in [1.54, 1.807) is 0 Å². The molecule has 1 unspecified atom stereocenters. The summed E-state index contributed by atoms with van der Waals surface area (Å²) in [6.45, 7) is 3.14. The third kappa shape index (κ3) is 1.68. The summed E-state index contributed by atoms with van der Waals surface area (Å²) < 4.78 is 13.3. The van der Waals surface area contributed by atoms with Gasteiger partial charge in [-0.15, -0.1) is 0 Å². The van der Waals surface area contributed by atoms with Crippen LogP contribution in [0, 0.1) is 5.82 Å². The Kier molecular flexibility index (Phi) is 2.55. The molecule has 0 amide bonds. The van der Waals surface area contributed by atoms with Crippen molar-refractivity contribution in [3.05, 3.63) is 29.2 Å². The van der Waals surface area contributed by atoms with Crippen molar-refractivity contribution >= 4 is 10.9 Å². The van der Waals surface area contributed by atoms with Gasteiger partial charge in [0.1, 0.15) is 11.6 Å². The maximum atomic E-state index is 13.3. The lowest BCUT2D eigenvalue weighted by Crippen LogP contribution is -2.30. The van der Waals surface area contributed by atoms with Gasteiger partial charge in [0.15, 0.2) is 0 Å². The number of hydrogen-bond donors (Lipinski definition) is 2. The highest BCUT2D eigenvalue weighted by Crippen LogP contribution is 2.33. The first-order chi connectivity index (χ1) is 8.56. The SMILES string of the molecule is CC1Cc2[nH]c3cc(F)cc(O)c3c2CCN1C. The normalized spacial score (nSPS) is 20.9. The number of aromatic amines is 1. The van der Waals surface area contributed by atoms with Gasteiger partial charge in [0.25, 0.3) is 0 Å². The molecule has 18 heavy (non-hydrogen) atoms. The predicted molar refractivity (Wildman–Crippen MR) is 69.4 cm³/mol. The van der Waals surface area contributed by atoms with Crippen LogP contribution in [0.1, 0.15) is 18.2 Å². The van der Waals surface area contributed by atoms with Crippen molar-refractivity contribution in [1.82, 2.24) is 9.88 Å². The van der Waals surface area contributed by atoms with Gasteiger partial charge in [0, 0.05) is 36.2 Å². The van der Waals surface area contributed by atoms with Crippen LogP contribution >= 0.6 is 0 Å². The molecule has 0 saturated heterocycles. The third-order valence-electron chi connectivity index (χ3n) is 4.00.